The van der Waals surface area contributed by atoms with Crippen molar-refractivity contribution >= 4 is 93.7 Å². The highest BCUT2D eigenvalue weighted by Gasteiger charge is 2.47. The molecule has 4 saturated heterocycles. The van der Waals surface area contributed by atoms with E-state index in [0.29, 0.717) is 18.4 Å². The first-order valence-corrected chi connectivity index (χ1v) is 31.4. The molecule has 1 aromatic rings. The predicted octanol–water partition coefficient (Wildman–Crippen LogP) is 1.10. The molecule has 5 heterocycles. The van der Waals surface area contributed by atoms with E-state index in [1.807, 2.05) is 0 Å². The molecule has 506 valence electrons. The standard InChI is InChI=1S/C64H88N12O17/c1-28(2)43-61(87)75-24-18-20-38(75)59(85)71(14)26-40(78)73(16)50(30(5)6)63(89)91-34(11)45(57(83)67-43)69-55(81)37-23-22-32(9)53-47(37)66-49-42(48(65-36(13)77)52(80)33(10)54(49)93-53)56(82)70-46-35(12)92-64(90)51(31(7)8)74(17)41(79)27-72(15)60(86)39-21-19-25-76(39)62(88)44(29(3)4)68-58(46)84/h22-23,28-31,34-35,38-39,43-46,50-51H,18-21,24-27H2,1-17H3,(H,65,77)(H,67,83)(H,68,84)(H,69,81)(H,70,82)/t34-,35-,38+,39+,43-,44-,45+,46+,50+,51+/m1/s1. The molecule has 5 aliphatic heterocycles. The molecular formula is C64H88N12O17. The Balaban J connectivity index is 1.36. The Bertz CT molecular complexity index is 3550. The largest absolute Gasteiger partial charge is 0.458 e. The lowest BCUT2D eigenvalue weighted by molar-refractivity contribution is -0.163. The number of nitrogens with zero attached hydrogens (tertiary/aromatic N) is 7. The maximum atomic E-state index is 15.5. The molecule has 7 rings (SSSR count). The van der Waals surface area contributed by atoms with Crippen LogP contribution in [0.1, 0.15) is 134 Å². The second-order valence-corrected chi connectivity index (χ2v) is 26.2. The van der Waals surface area contributed by atoms with Crippen molar-refractivity contribution in [3.63, 3.8) is 0 Å². The Kier molecular flexibility index (Phi) is 22.1. The van der Waals surface area contributed by atoms with Gasteiger partial charge in [0.15, 0.2) is 11.3 Å². The minimum Gasteiger partial charge on any atom is -0.458 e. The smallest absolute Gasteiger partial charge is 0.329 e. The summed E-state index contributed by atoms with van der Waals surface area (Å²) in [5, 5.41) is 13.1. The van der Waals surface area contributed by atoms with Crippen molar-refractivity contribution in [3.8, 4) is 11.5 Å². The first-order valence-electron chi connectivity index (χ1n) is 31.4. The molecule has 29 heteroatoms. The third-order valence-electron chi connectivity index (χ3n) is 17.8. The Morgan fingerprint density at radius 3 is 1.44 bits per heavy atom. The molecule has 93 heavy (non-hydrogen) atoms. The number of aromatic nitrogens is 1. The summed E-state index contributed by atoms with van der Waals surface area (Å²) >= 11 is 0. The molecule has 11 amide bonds. The molecule has 1 aliphatic carbocycles. The van der Waals surface area contributed by atoms with Gasteiger partial charge in [-0.1, -0.05) is 61.5 Å². The van der Waals surface area contributed by atoms with Gasteiger partial charge in [-0.25, -0.2) is 14.6 Å². The summed E-state index contributed by atoms with van der Waals surface area (Å²) in [7, 11) is 5.55. The number of amides is 11. The van der Waals surface area contributed by atoms with Crippen LogP contribution in [0.4, 0.5) is 5.69 Å². The van der Waals surface area contributed by atoms with E-state index in [-0.39, 0.29) is 53.9 Å². The van der Waals surface area contributed by atoms with Crippen LogP contribution in [0.15, 0.2) is 21.3 Å². The van der Waals surface area contributed by atoms with Crippen molar-refractivity contribution in [1.29, 1.82) is 0 Å². The van der Waals surface area contributed by atoms with E-state index in [9.17, 15) is 52.7 Å². The number of likely N-dealkylation sites (N-methyl/N-ethyl adjacent to an activating group) is 4. The molecule has 1 aromatic carbocycles. The second kappa shape index (κ2) is 28.9. The van der Waals surface area contributed by atoms with E-state index in [1.165, 1.54) is 80.7 Å². The molecule has 6 aliphatic rings. The summed E-state index contributed by atoms with van der Waals surface area (Å²) in [6.45, 7) is 19.2. The maximum absolute atomic E-state index is 15.5. The summed E-state index contributed by atoms with van der Waals surface area (Å²) in [4.78, 5) is 214. The first-order chi connectivity index (χ1) is 43.5. The summed E-state index contributed by atoms with van der Waals surface area (Å²) < 4.78 is 18.4. The van der Waals surface area contributed by atoms with Crippen LogP contribution in [0.5, 0.6) is 0 Å². The average Bonchev–Trinajstić information content (AvgIpc) is 1.28. The van der Waals surface area contributed by atoms with Gasteiger partial charge in [0.1, 0.15) is 77.4 Å². The van der Waals surface area contributed by atoms with Gasteiger partial charge in [0, 0.05) is 53.8 Å². The fraction of sp³-hybridized carbons (Fsp3) is 0.609. The second-order valence-electron chi connectivity index (χ2n) is 26.2. The summed E-state index contributed by atoms with van der Waals surface area (Å²) in [5.41, 5.74) is -3.37. The van der Waals surface area contributed by atoms with Crippen molar-refractivity contribution < 1.29 is 76.2 Å². The van der Waals surface area contributed by atoms with E-state index in [2.05, 4.69) is 26.6 Å². The van der Waals surface area contributed by atoms with Crippen LogP contribution in [0.2, 0.25) is 0 Å². The fourth-order valence-corrected chi connectivity index (χ4v) is 12.5. The monoisotopic (exact) mass is 1300 g/mol. The lowest BCUT2D eigenvalue weighted by Crippen LogP contribution is -2.61. The van der Waals surface area contributed by atoms with E-state index in [4.69, 9.17) is 18.9 Å². The number of cyclic esters (lactones) is 2. The number of carbonyl (C=O) groups excluding carboxylic acids is 13. The van der Waals surface area contributed by atoms with Crippen LogP contribution in [-0.4, -0.2) is 226 Å². The molecule has 4 fully saturated rings. The molecule has 0 spiro atoms. The number of rotatable bonds is 9. The number of carbonyl (C=O) groups is 13. The number of anilines is 1. The van der Waals surface area contributed by atoms with Crippen molar-refractivity contribution in [2.24, 2.45) is 23.7 Å². The molecule has 0 aromatic heterocycles. The molecule has 29 nitrogen and oxygen atoms in total. The van der Waals surface area contributed by atoms with Crippen LogP contribution in [0.3, 0.4) is 0 Å². The minimum absolute atomic E-state index is 0.116. The Labute approximate surface area is 539 Å². The highest BCUT2D eigenvalue weighted by atomic mass is 16.6. The minimum atomic E-state index is -1.95. The molecular weight excluding hydrogens is 1210 g/mol. The van der Waals surface area contributed by atoms with Crippen LogP contribution < -0.4 is 32.0 Å². The highest BCUT2D eigenvalue weighted by Crippen LogP contribution is 2.36. The summed E-state index contributed by atoms with van der Waals surface area (Å²) in [6, 6.07) is -8.19. The van der Waals surface area contributed by atoms with E-state index in [1.54, 1.807) is 62.3 Å². The third-order valence-corrected chi connectivity index (χ3v) is 17.8. The van der Waals surface area contributed by atoms with Gasteiger partial charge >= 0.3 is 11.9 Å². The van der Waals surface area contributed by atoms with Gasteiger partial charge in [0.05, 0.1) is 24.2 Å². The molecule has 10 atom stereocenters. The number of ether oxygens (including phenoxy) is 2. The van der Waals surface area contributed by atoms with Gasteiger partial charge in [0.25, 0.3) is 11.8 Å². The number of fused-ring (bicyclic) bond motifs is 4. The van der Waals surface area contributed by atoms with E-state index < -0.39 is 197 Å². The van der Waals surface area contributed by atoms with Crippen molar-refractivity contribution in [2.45, 2.75) is 176 Å². The average molecular weight is 1300 g/mol. The Morgan fingerprint density at radius 2 is 1.03 bits per heavy atom. The Hall–Kier alpha value is -9.05. The highest BCUT2D eigenvalue weighted by molar-refractivity contribution is 6.12. The van der Waals surface area contributed by atoms with Gasteiger partial charge in [-0.15, -0.1) is 0 Å². The van der Waals surface area contributed by atoms with Crippen molar-refractivity contribution in [2.75, 3.05) is 59.7 Å². The molecule has 0 bridgehead atoms. The normalized spacial score (nSPS) is 25.7. The summed E-state index contributed by atoms with van der Waals surface area (Å²) in [5.74, 6) is -13.7. The van der Waals surface area contributed by atoms with Crippen molar-refractivity contribution in [3.05, 3.63) is 44.6 Å². The number of hydrogen-bond acceptors (Lipinski definition) is 18. The number of nitrogens with one attached hydrogen (secondary N) is 5. The van der Waals surface area contributed by atoms with Gasteiger partial charge in [0.2, 0.25) is 58.6 Å². The number of aryl methyl sites for hydroxylation is 1. The van der Waals surface area contributed by atoms with Gasteiger partial charge < -0.3 is 69.9 Å². The zero-order chi connectivity index (χ0) is 69.3. The third kappa shape index (κ3) is 14.8. The first kappa shape index (κ1) is 71.4. The fourth-order valence-electron chi connectivity index (χ4n) is 12.5. The molecule has 0 radical (unpaired) electrons. The van der Waals surface area contributed by atoms with Crippen molar-refractivity contribution in [1.82, 2.24) is 55.7 Å². The van der Waals surface area contributed by atoms with Crippen LogP contribution in [-0.2, 0) is 62.2 Å². The van der Waals surface area contributed by atoms with Gasteiger partial charge in [-0.2, -0.15) is 0 Å². The zero-order valence-corrected chi connectivity index (χ0v) is 56.0. The Morgan fingerprint density at radius 1 is 0.602 bits per heavy atom. The van der Waals surface area contributed by atoms with Crippen LogP contribution in [0.25, 0.3) is 22.6 Å². The zero-order valence-electron chi connectivity index (χ0n) is 56.0. The molecule has 5 N–H and O–H groups in total. The van der Waals surface area contributed by atoms with E-state index >= 15 is 14.4 Å². The summed E-state index contributed by atoms with van der Waals surface area (Å²) in [6.07, 6.45) is -1.79. The number of benzene rings is 2. The number of esters is 2. The predicted molar refractivity (Wildman–Crippen MR) is 335 cm³/mol. The lowest BCUT2D eigenvalue weighted by atomic mass is 9.98. The van der Waals surface area contributed by atoms with E-state index in [0.717, 1.165) is 16.7 Å². The quantitative estimate of drug-likeness (QED) is 0.148. The van der Waals surface area contributed by atoms with Gasteiger partial charge in [-0.3, -0.25) is 57.5 Å². The topological polar surface area (TPSA) is 363 Å². The van der Waals surface area contributed by atoms with Crippen LogP contribution in [0, 0.1) is 37.5 Å². The molecule has 0 saturated carbocycles. The maximum Gasteiger partial charge on any atom is 0.329 e. The SMILES string of the molecule is CC(=O)Nc1c(C(=O)N[C@@H]2C(=O)N[C@H](C(C)C)C(=O)N3CCC[C@H]3C(=O)N(C)CC(=O)N(C)[C@@H](C(C)C)C(=O)O[C@@H]2C)c2nc3c(C(=O)N[C@@H]4C(=O)N[C@H](C(C)C)C(=O)N5CCC[C@H]5C(=O)N(C)CC(=O)N(C)[C@@H](C(C)C)C(=O)O[C@@H]4C)ccc(C)c3oc-2c(C)c1=O. The van der Waals surface area contributed by atoms with Crippen LogP contribution >= 0.6 is 0 Å². The number of hydrogen-bond donors (Lipinski definition) is 5. The lowest BCUT2D eigenvalue weighted by Gasteiger charge is -2.36. The molecule has 0 unspecified atom stereocenters. The van der Waals surface area contributed by atoms with Gasteiger partial charge in [-0.05, 0) is 88.7 Å².